The number of benzene rings is 1. The van der Waals surface area contributed by atoms with Crippen LogP contribution in [0.1, 0.15) is 49.0 Å². The Morgan fingerprint density at radius 3 is 2.67 bits per heavy atom. The predicted molar refractivity (Wildman–Crippen MR) is 139 cm³/mol. The summed E-state index contributed by atoms with van der Waals surface area (Å²) in [6, 6.07) is 4.66. The average molecular weight is 510 g/mol. The molecule has 10 heteroatoms. The van der Waals surface area contributed by atoms with E-state index in [1.165, 1.54) is 23.8 Å². The van der Waals surface area contributed by atoms with Crippen LogP contribution in [0.25, 0.3) is 0 Å². The molecule has 4 amide bonds. The average Bonchev–Trinajstić information content (AvgIpc) is 3.53. The lowest BCUT2D eigenvalue weighted by molar-refractivity contribution is -0.122. The molecule has 0 radical (unpaired) electrons. The van der Waals surface area contributed by atoms with Gasteiger partial charge in [-0.05, 0) is 37.0 Å². The van der Waals surface area contributed by atoms with E-state index in [0.717, 1.165) is 36.4 Å². The van der Waals surface area contributed by atoms with Crippen LogP contribution in [0.15, 0.2) is 29.2 Å². The number of methoxy groups -OCH3 is 1. The molecule has 1 saturated heterocycles. The van der Waals surface area contributed by atoms with Crippen molar-refractivity contribution in [3.63, 3.8) is 0 Å². The van der Waals surface area contributed by atoms with Gasteiger partial charge in [-0.15, -0.1) is 11.8 Å². The second kappa shape index (κ2) is 10.7. The first-order valence-corrected chi connectivity index (χ1v) is 13.0. The highest BCUT2D eigenvalue weighted by atomic mass is 32.2. The number of urea groups is 1. The Morgan fingerprint density at radius 2 is 2.03 bits per heavy atom. The molecule has 0 aromatic heterocycles. The second-order valence-corrected chi connectivity index (χ2v) is 10.3. The van der Waals surface area contributed by atoms with Crippen LogP contribution in [0.4, 0.5) is 4.79 Å². The summed E-state index contributed by atoms with van der Waals surface area (Å²) in [5.41, 5.74) is -0.212. The molecule has 0 aliphatic carbocycles. The van der Waals surface area contributed by atoms with Crippen molar-refractivity contribution >= 4 is 35.4 Å². The maximum atomic E-state index is 13.1. The topological polar surface area (TPSA) is 115 Å². The number of hydrogen-bond acceptors (Lipinski definition) is 6. The van der Waals surface area contributed by atoms with E-state index in [-0.39, 0.29) is 17.7 Å². The Kier molecular flexibility index (Phi) is 7.59. The zero-order valence-electron chi connectivity index (χ0n) is 20.8. The third-order valence-electron chi connectivity index (χ3n) is 6.38. The SMILES string of the molecule is CCCN(CCC)C(=N)C1CC=C(C#CC2(CN3Cc4ccc(OC)cc4C3=O)NC(=O)NC2=O)S1. The van der Waals surface area contributed by atoms with Gasteiger partial charge in [0.1, 0.15) is 11.6 Å². The van der Waals surface area contributed by atoms with Gasteiger partial charge in [-0.25, -0.2) is 4.79 Å². The van der Waals surface area contributed by atoms with Crippen molar-refractivity contribution < 1.29 is 19.1 Å². The number of ether oxygens (including phenoxy) is 1. The van der Waals surface area contributed by atoms with Crippen LogP contribution in [0, 0.1) is 17.3 Å². The molecule has 3 heterocycles. The molecule has 36 heavy (non-hydrogen) atoms. The Morgan fingerprint density at radius 1 is 1.28 bits per heavy atom. The minimum atomic E-state index is -1.55. The molecule has 0 bridgehead atoms. The summed E-state index contributed by atoms with van der Waals surface area (Å²) in [6.07, 6.45) is 4.61. The fraction of sp³-hybridized carbons (Fsp3) is 0.462. The highest BCUT2D eigenvalue weighted by Gasteiger charge is 2.48. The van der Waals surface area contributed by atoms with E-state index in [1.54, 1.807) is 12.1 Å². The zero-order chi connectivity index (χ0) is 25.9. The molecule has 190 valence electrons. The van der Waals surface area contributed by atoms with Crippen molar-refractivity contribution in [3.05, 3.63) is 40.3 Å². The van der Waals surface area contributed by atoms with Crippen LogP contribution in [0.5, 0.6) is 5.75 Å². The molecule has 2 atom stereocenters. The van der Waals surface area contributed by atoms with E-state index in [0.29, 0.717) is 30.1 Å². The van der Waals surface area contributed by atoms with Crippen LogP contribution in [0.2, 0.25) is 0 Å². The number of hydrogen-bond donors (Lipinski definition) is 3. The standard InChI is InChI=1S/C26H31N5O4S/c1-4-12-30(13-5-2)22(27)21-9-8-19(36-21)10-11-26(24(33)28-25(34)29-26)16-31-15-17-6-7-18(35-3)14-20(17)23(31)32/h6-8,14,21,27H,4-5,9,12-13,15-16H2,1-3H3,(H2,28,29,33,34). The molecule has 1 aromatic carbocycles. The van der Waals surface area contributed by atoms with E-state index < -0.39 is 17.5 Å². The minimum absolute atomic E-state index is 0.0278. The number of carbonyl (C=O) groups excluding carboxylic acids is 3. The van der Waals surface area contributed by atoms with Crippen LogP contribution in [-0.4, -0.2) is 71.0 Å². The molecule has 3 N–H and O–H groups in total. The minimum Gasteiger partial charge on any atom is -0.497 e. The first-order chi connectivity index (χ1) is 17.3. The number of fused-ring (bicyclic) bond motifs is 1. The third kappa shape index (κ3) is 5.07. The summed E-state index contributed by atoms with van der Waals surface area (Å²) in [5.74, 6) is 6.37. The predicted octanol–water partition coefficient (Wildman–Crippen LogP) is 2.72. The molecule has 0 saturated carbocycles. The Bertz CT molecular complexity index is 1180. The molecular formula is C26H31N5O4S. The molecule has 4 rings (SSSR count). The van der Waals surface area contributed by atoms with E-state index in [1.807, 2.05) is 12.1 Å². The highest BCUT2D eigenvalue weighted by molar-refractivity contribution is 8.04. The van der Waals surface area contributed by atoms with Crippen molar-refractivity contribution in [1.29, 1.82) is 5.41 Å². The molecule has 2 unspecified atom stereocenters. The number of allylic oxidation sites excluding steroid dienone is 2. The molecule has 1 fully saturated rings. The second-order valence-electron chi connectivity index (χ2n) is 9.03. The number of carbonyl (C=O) groups is 3. The quantitative estimate of drug-likeness (QED) is 0.215. The number of rotatable bonds is 8. The van der Waals surface area contributed by atoms with Crippen molar-refractivity contribution in [1.82, 2.24) is 20.4 Å². The van der Waals surface area contributed by atoms with E-state index in [9.17, 15) is 14.4 Å². The lowest BCUT2D eigenvalue weighted by Crippen LogP contribution is -2.54. The van der Waals surface area contributed by atoms with Crippen molar-refractivity contribution in [2.45, 2.75) is 50.4 Å². The smallest absolute Gasteiger partial charge is 0.323 e. The third-order valence-corrected chi connectivity index (χ3v) is 7.61. The fourth-order valence-corrected chi connectivity index (χ4v) is 5.65. The normalized spacial score (nSPS) is 22.4. The van der Waals surface area contributed by atoms with Crippen LogP contribution in [0.3, 0.4) is 0 Å². The van der Waals surface area contributed by atoms with Gasteiger partial charge < -0.3 is 19.9 Å². The summed E-state index contributed by atoms with van der Waals surface area (Å²) in [6.45, 7) is 6.13. The van der Waals surface area contributed by atoms with Gasteiger partial charge in [-0.2, -0.15) is 0 Å². The molecule has 1 aromatic rings. The number of imide groups is 1. The zero-order valence-corrected chi connectivity index (χ0v) is 21.6. The van der Waals surface area contributed by atoms with Crippen LogP contribution in [-0.2, 0) is 11.3 Å². The lowest BCUT2D eigenvalue weighted by atomic mass is 9.99. The molecule has 9 nitrogen and oxygen atoms in total. The summed E-state index contributed by atoms with van der Waals surface area (Å²) in [4.78, 5) is 42.4. The summed E-state index contributed by atoms with van der Waals surface area (Å²) in [7, 11) is 1.54. The van der Waals surface area contributed by atoms with E-state index in [4.69, 9.17) is 10.1 Å². The number of amidine groups is 1. The van der Waals surface area contributed by atoms with Crippen molar-refractivity contribution in [2.75, 3.05) is 26.7 Å². The molecule has 3 aliphatic rings. The van der Waals surface area contributed by atoms with Gasteiger partial charge in [0.15, 0.2) is 0 Å². The summed E-state index contributed by atoms with van der Waals surface area (Å²) >= 11 is 1.50. The fourth-order valence-electron chi connectivity index (χ4n) is 4.59. The van der Waals surface area contributed by atoms with Gasteiger partial charge in [0, 0.05) is 25.2 Å². The number of nitrogens with one attached hydrogen (secondary N) is 3. The van der Waals surface area contributed by atoms with Gasteiger partial charge >= 0.3 is 6.03 Å². The van der Waals surface area contributed by atoms with Gasteiger partial charge in [0.2, 0.25) is 5.54 Å². The number of nitrogens with zero attached hydrogens (tertiary/aromatic N) is 2. The van der Waals surface area contributed by atoms with Gasteiger partial charge in [-0.3, -0.25) is 20.3 Å². The lowest BCUT2D eigenvalue weighted by Gasteiger charge is -2.27. The number of thioether (sulfide) groups is 1. The first-order valence-electron chi connectivity index (χ1n) is 12.1. The Hall–Kier alpha value is -3.45. The van der Waals surface area contributed by atoms with Gasteiger partial charge in [-0.1, -0.05) is 37.8 Å². The Labute approximate surface area is 215 Å². The van der Waals surface area contributed by atoms with E-state index in [2.05, 4.69) is 41.2 Å². The summed E-state index contributed by atoms with van der Waals surface area (Å²) in [5, 5.41) is 13.5. The van der Waals surface area contributed by atoms with Crippen LogP contribution < -0.4 is 15.4 Å². The highest BCUT2D eigenvalue weighted by Crippen LogP contribution is 2.34. The largest absolute Gasteiger partial charge is 0.497 e. The molecule has 0 spiro atoms. The monoisotopic (exact) mass is 509 g/mol. The summed E-state index contributed by atoms with van der Waals surface area (Å²) < 4.78 is 5.23. The van der Waals surface area contributed by atoms with Gasteiger partial charge in [0.25, 0.3) is 11.8 Å². The van der Waals surface area contributed by atoms with Gasteiger partial charge in [0.05, 0.1) is 23.8 Å². The van der Waals surface area contributed by atoms with E-state index >= 15 is 0 Å². The van der Waals surface area contributed by atoms with Crippen LogP contribution >= 0.6 is 11.8 Å². The maximum absolute atomic E-state index is 13.1. The number of amides is 4. The van der Waals surface area contributed by atoms with Crippen molar-refractivity contribution in [2.24, 2.45) is 0 Å². The van der Waals surface area contributed by atoms with Crippen molar-refractivity contribution in [3.8, 4) is 17.6 Å². The Balaban J connectivity index is 1.50. The molecule has 3 aliphatic heterocycles. The maximum Gasteiger partial charge on any atom is 0.323 e. The first kappa shape index (κ1) is 25.6. The molecular weight excluding hydrogens is 478 g/mol.